The average Bonchev–Trinajstić information content (AvgIpc) is 3.15. The molecular formula is C24H38N4O. The normalized spacial score (nSPS) is 19.4. The molecule has 1 unspecified atom stereocenters. The maximum Gasteiger partial charge on any atom is 0.222 e. The Kier molecular flexibility index (Phi) is 8.38. The number of likely N-dealkylation sites (tertiary alicyclic amines) is 1. The fraction of sp³-hybridized carbons (Fsp3) is 0.667. The molecule has 160 valence electrons. The number of carbonyl (C=O) groups excluding carboxylic acids is 1. The van der Waals surface area contributed by atoms with Gasteiger partial charge in [0.25, 0.3) is 0 Å². The number of amides is 1. The molecule has 2 aliphatic rings. The molecule has 0 spiro atoms. The summed E-state index contributed by atoms with van der Waals surface area (Å²) in [6, 6.07) is 8.93. The van der Waals surface area contributed by atoms with Crippen molar-refractivity contribution in [3.8, 4) is 0 Å². The molecule has 1 amide bonds. The molecule has 1 aromatic rings. The Morgan fingerprint density at radius 1 is 1.21 bits per heavy atom. The third kappa shape index (κ3) is 7.06. The Morgan fingerprint density at radius 2 is 2.00 bits per heavy atom. The Bertz CT molecular complexity index is 681. The number of nitrogens with zero attached hydrogens (tertiary/aromatic N) is 2. The van der Waals surface area contributed by atoms with Crippen molar-refractivity contribution in [3.05, 3.63) is 35.4 Å². The Labute approximate surface area is 176 Å². The second kappa shape index (κ2) is 11.2. The van der Waals surface area contributed by atoms with E-state index in [1.54, 1.807) is 0 Å². The van der Waals surface area contributed by atoms with Crippen molar-refractivity contribution in [2.75, 3.05) is 13.6 Å². The summed E-state index contributed by atoms with van der Waals surface area (Å²) in [6.45, 7) is 4.59. The summed E-state index contributed by atoms with van der Waals surface area (Å²) in [4.78, 5) is 18.2. The lowest BCUT2D eigenvalue weighted by molar-refractivity contribution is -0.128. The Balaban J connectivity index is 1.42. The van der Waals surface area contributed by atoms with Crippen LogP contribution in [0.1, 0.15) is 75.8 Å². The fourth-order valence-electron chi connectivity index (χ4n) is 4.58. The zero-order chi connectivity index (χ0) is 20.5. The van der Waals surface area contributed by atoms with Crippen LogP contribution in [0.25, 0.3) is 0 Å². The first kappa shape index (κ1) is 21.7. The van der Waals surface area contributed by atoms with E-state index in [0.29, 0.717) is 12.5 Å². The van der Waals surface area contributed by atoms with Crippen LogP contribution in [-0.2, 0) is 17.9 Å². The summed E-state index contributed by atoms with van der Waals surface area (Å²) in [6.07, 6.45) is 11.3. The minimum Gasteiger partial charge on any atom is -0.354 e. The van der Waals surface area contributed by atoms with E-state index in [2.05, 4.69) is 46.8 Å². The molecule has 2 fully saturated rings. The highest BCUT2D eigenvalue weighted by Crippen LogP contribution is 2.27. The topological polar surface area (TPSA) is 56.7 Å². The smallest absolute Gasteiger partial charge is 0.222 e. The molecule has 1 saturated heterocycles. The first-order valence-corrected chi connectivity index (χ1v) is 11.5. The molecule has 1 atom stereocenters. The lowest BCUT2D eigenvalue weighted by Crippen LogP contribution is -2.42. The molecule has 5 nitrogen and oxygen atoms in total. The SMILES string of the molecule is CN=C(NCc1cccc(CN2CCCC2=O)c1)NC(C)CCC1CCCCC1. The molecule has 1 aliphatic heterocycles. The van der Waals surface area contributed by atoms with Crippen LogP contribution >= 0.6 is 0 Å². The van der Waals surface area contributed by atoms with E-state index in [4.69, 9.17) is 0 Å². The number of hydrogen-bond acceptors (Lipinski definition) is 2. The van der Waals surface area contributed by atoms with Crippen LogP contribution in [0.3, 0.4) is 0 Å². The Hall–Kier alpha value is -2.04. The van der Waals surface area contributed by atoms with Gasteiger partial charge in [0, 0.05) is 39.1 Å². The first-order chi connectivity index (χ1) is 14.1. The van der Waals surface area contributed by atoms with Crippen molar-refractivity contribution < 1.29 is 4.79 Å². The van der Waals surface area contributed by atoms with Crippen LogP contribution in [-0.4, -0.2) is 36.4 Å². The standard InChI is InChI=1S/C24H38N4O/c1-19(13-14-20-8-4-3-5-9-20)27-24(25-2)26-17-21-10-6-11-22(16-21)18-28-15-7-12-23(28)29/h6,10-11,16,19-20H,3-5,7-9,12-15,17-18H2,1-2H3,(H2,25,26,27). The van der Waals surface area contributed by atoms with Crippen molar-refractivity contribution in [2.24, 2.45) is 10.9 Å². The van der Waals surface area contributed by atoms with E-state index < -0.39 is 0 Å². The van der Waals surface area contributed by atoms with Gasteiger partial charge in [-0.25, -0.2) is 0 Å². The number of guanidine groups is 1. The molecule has 1 aromatic carbocycles. The van der Waals surface area contributed by atoms with Gasteiger partial charge in [0.05, 0.1) is 0 Å². The Morgan fingerprint density at radius 3 is 2.72 bits per heavy atom. The van der Waals surface area contributed by atoms with Crippen molar-refractivity contribution in [1.82, 2.24) is 15.5 Å². The van der Waals surface area contributed by atoms with Crippen molar-refractivity contribution in [2.45, 2.75) is 83.8 Å². The molecule has 3 rings (SSSR count). The van der Waals surface area contributed by atoms with Crippen molar-refractivity contribution >= 4 is 11.9 Å². The molecule has 1 aliphatic carbocycles. The van der Waals surface area contributed by atoms with Gasteiger partial charge in [0.1, 0.15) is 0 Å². The average molecular weight is 399 g/mol. The molecular weight excluding hydrogens is 360 g/mol. The summed E-state index contributed by atoms with van der Waals surface area (Å²) in [5.74, 6) is 2.06. The van der Waals surface area contributed by atoms with Gasteiger partial charge < -0.3 is 15.5 Å². The minimum atomic E-state index is 0.278. The van der Waals surface area contributed by atoms with E-state index in [9.17, 15) is 4.79 Å². The van der Waals surface area contributed by atoms with Gasteiger partial charge in [-0.15, -0.1) is 0 Å². The number of hydrogen-bond donors (Lipinski definition) is 2. The first-order valence-electron chi connectivity index (χ1n) is 11.5. The van der Waals surface area contributed by atoms with Gasteiger partial charge in [0.2, 0.25) is 5.91 Å². The summed E-state index contributed by atoms with van der Waals surface area (Å²) in [7, 11) is 1.83. The van der Waals surface area contributed by atoms with E-state index in [-0.39, 0.29) is 5.91 Å². The van der Waals surface area contributed by atoms with Crippen LogP contribution in [0.2, 0.25) is 0 Å². The van der Waals surface area contributed by atoms with Gasteiger partial charge >= 0.3 is 0 Å². The van der Waals surface area contributed by atoms with Gasteiger partial charge in [-0.05, 0) is 43.2 Å². The number of aliphatic imine (C=N–C) groups is 1. The molecule has 5 heteroatoms. The van der Waals surface area contributed by atoms with E-state index in [1.165, 1.54) is 56.1 Å². The molecule has 29 heavy (non-hydrogen) atoms. The monoisotopic (exact) mass is 398 g/mol. The van der Waals surface area contributed by atoms with Crippen LogP contribution < -0.4 is 10.6 Å². The second-order valence-electron chi connectivity index (χ2n) is 8.79. The summed E-state index contributed by atoms with van der Waals surface area (Å²) < 4.78 is 0. The van der Waals surface area contributed by atoms with Gasteiger partial charge in [-0.3, -0.25) is 9.79 Å². The highest BCUT2D eigenvalue weighted by Gasteiger charge is 2.20. The molecule has 0 aromatic heterocycles. The molecule has 0 bridgehead atoms. The minimum absolute atomic E-state index is 0.278. The summed E-state index contributed by atoms with van der Waals surface area (Å²) >= 11 is 0. The third-order valence-corrected chi connectivity index (χ3v) is 6.34. The molecule has 2 N–H and O–H groups in total. The zero-order valence-electron chi connectivity index (χ0n) is 18.3. The predicted molar refractivity (Wildman–Crippen MR) is 120 cm³/mol. The van der Waals surface area contributed by atoms with Crippen LogP contribution in [0.15, 0.2) is 29.3 Å². The summed E-state index contributed by atoms with van der Waals surface area (Å²) in [5, 5.41) is 6.98. The van der Waals surface area contributed by atoms with E-state index in [1.807, 2.05) is 11.9 Å². The molecule has 1 heterocycles. The van der Waals surface area contributed by atoms with E-state index in [0.717, 1.165) is 37.9 Å². The van der Waals surface area contributed by atoms with Gasteiger partial charge in [0.15, 0.2) is 5.96 Å². The van der Waals surface area contributed by atoms with Crippen LogP contribution in [0.4, 0.5) is 0 Å². The quantitative estimate of drug-likeness (QED) is 0.509. The highest BCUT2D eigenvalue weighted by atomic mass is 16.2. The van der Waals surface area contributed by atoms with Gasteiger partial charge in [-0.2, -0.15) is 0 Å². The zero-order valence-corrected chi connectivity index (χ0v) is 18.3. The largest absolute Gasteiger partial charge is 0.354 e. The number of benzene rings is 1. The number of nitrogens with one attached hydrogen (secondary N) is 2. The highest BCUT2D eigenvalue weighted by molar-refractivity contribution is 5.80. The lowest BCUT2D eigenvalue weighted by atomic mass is 9.85. The van der Waals surface area contributed by atoms with Crippen molar-refractivity contribution in [1.29, 1.82) is 0 Å². The maximum atomic E-state index is 11.9. The van der Waals surface area contributed by atoms with Crippen LogP contribution in [0.5, 0.6) is 0 Å². The molecule has 1 saturated carbocycles. The van der Waals surface area contributed by atoms with Crippen LogP contribution in [0, 0.1) is 5.92 Å². The fourth-order valence-corrected chi connectivity index (χ4v) is 4.58. The van der Waals surface area contributed by atoms with E-state index >= 15 is 0 Å². The number of carbonyl (C=O) groups is 1. The predicted octanol–water partition coefficient (Wildman–Crippen LogP) is 4.22. The maximum absolute atomic E-state index is 11.9. The van der Waals surface area contributed by atoms with Gasteiger partial charge in [-0.1, -0.05) is 56.4 Å². The lowest BCUT2D eigenvalue weighted by Gasteiger charge is -2.24. The van der Waals surface area contributed by atoms with Crippen molar-refractivity contribution in [3.63, 3.8) is 0 Å². The summed E-state index contributed by atoms with van der Waals surface area (Å²) in [5.41, 5.74) is 2.41. The molecule has 0 radical (unpaired) electrons. The third-order valence-electron chi connectivity index (χ3n) is 6.34. The second-order valence-corrected chi connectivity index (χ2v) is 8.79. The number of rotatable bonds is 8.